The van der Waals surface area contributed by atoms with Gasteiger partial charge in [0, 0.05) is 18.7 Å². The molecule has 5 nitrogen and oxygen atoms in total. The van der Waals surface area contributed by atoms with Crippen molar-refractivity contribution in [2.45, 2.75) is 13.8 Å². The number of methoxy groups -OCH3 is 1. The molecule has 0 atom stereocenters. The van der Waals surface area contributed by atoms with Gasteiger partial charge in [-0.25, -0.2) is 8.78 Å². The number of amides is 2. The zero-order valence-electron chi connectivity index (χ0n) is 14.1. The minimum absolute atomic E-state index is 0.0951. The van der Waals surface area contributed by atoms with Crippen LogP contribution in [0.2, 0.25) is 0 Å². The SMILES string of the molecule is COc1ccc(C)cc1NC(=O)CN(C(C)=O)c1ccc(F)c(F)c1. The lowest BCUT2D eigenvalue weighted by Gasteiger charge is -2.21. The summed E-state index contributed by atoms with van der Waals surface area (Å²) in [6.07, 6.45) is 0. The normalized spacial score (nSPS) is 10.3. The van der Waals surface area contributed by atoms with Crippen molar-refractivity contribution < 1.29 is 23.1 Å². The molecule has 7 heteroatoms. The summed E-state index contributed by atoms with van der Waals surface area (Å²) in [5.41, 5.74) is 1.47. The van der Waals surface area contributed by atoms with E-state index >= 15 is 0 Å². The number of halogens is 2. The van der Waals surface area contributed by atoms with Crippen molar-refractivity contribution in [1.29, 1.82) is 0 Å². The van der Waals surface area contributed by atoms with Gasteiger partial charge >= 0.3 is 0 Å². The summed E-state index contributed by atoms with van der Waals surface area (Å²) in [6.45, 7) is 2.75. The molecule has 0 aliphatic heterocycles. The fourth-order valence-electron chi connectivity index (χ4n) is 2.29. The quantitative estimate of drug-likeness (QED) is 0.902. The molecule has 0 saturated heterocycles. The second-order valence-corrected chi connectivity index (χ2v) is 5.46. The Balaban J connectivity index is 2.20. The van der Waals surface area contributed by atoms with Gasteiger partial charge in [0.05, 0.1) is 12.8 Å². The molecule has 0 aromatic heterocycles. The Morgan fingerprint density at radius 1 is 1.12 bits per heavy atom. The van der Waals surface area contributed by atoms with E-state index in [1.807, 2.05) is 13.0 Å². The van der Waals surface area contributed by atoms with Gasteiger partial charge in [-0.15, -0.1) is 0 Å². The molecule has 2 aromatic rings. The van der Waals surface area contributed by atoms with Crippen LogP contribution in [-0.2, 0) is 9.59 Å². The van der Waals surface area contributed by atoms with Gasteiger partial charge in [0.2, 0.25) is 11.8 Å². The first-order chi connectivity index (χ1) is 11.8. The first kappa shape index (κ1) is 18.4. The van der Waals surface area contributed by atoms with Gasteiger partial charge in [0.15, 0.2) is 11.6 Å². The maximum Gasteiger partial charge on any atom is 0.244 e. The number of anilines is 2. The summed E-state index contributed by atoms with van der Waals surface area (Å²) in [5, 5.41) is 2.66. The smallest absolute Gasteiger partial charge is 0.244 e. The van der Waals surface area contributed by atoms with Crippen LogP contribution in [0.25, 0.3) is 0 Å². The second kappa shape index (κ2) is 7.74. The summed E-state index contributed by atoms with van der Waals surface area (Å²) in [4.78, 5) is 25.2. The van der Waals surface area contributed by atoms with E-state index in [9.17, 15) is 18.4 Å². The van der Waals surface area contributed by atoms with Crippen molar-refractivity contribution in [3.05, 3.63) is 53.6 Å². The predicted molar refractivity (Wildman–Crippen MR) is 90.7 cm³/mol. The van der Waals surface area contributed by atoms with Crippen molar-refractivity contribution in [3.8, 4) is 5.75 Å². The van der Waals surface area contributed by atoms with Crippen LogP contribution < -0.4 is 15.0 Å². The number of hydrogen-bond donors (Lipinski definition) is 1. The highest BCUT2D eigenvalue weighted by molar-refractivity contribution is 6.02. The van der Waals surface area contributed by atoms with Crippen LogP contribution in [0.3, 0.4) is 0 Å². The lowest BCUT2D eigenvalue weighted by molar-refractivity contribution is -0.120. The number of benzene rings is 2. The summed E-state index contributed by atoms with van der Waals surface area (Å²) in [7, 11) is 1.48. The number of aryl methyl sites for hydroxylation is 1. The minimum atomic E-state index is -1.09. The molecule has 1 N–H and O–H groups in total. The third-order valence-electron chi connectivity index (χ3n) is 3.53. The Hall–Kier alpha value is -2.96. The van der Waals surface area contributed by atoms with Gasteiger partial charge < -0.3 is 15.0 Å². The first-order valence-electron chi connectivity index (χ1n) is 7.49. The molecular weight excluding hydrogens is 330 g/mol. The first-order valence-corrected chi connectivity index (χ1v) is 7.49. The molecule has 2 amide bonds. The average molecular weight is 348 g/mol. The Morgan fingerprint density at radius 3 is 2.44 bits per heavy atom. The molecule has 2 rings (SSSR count). The summed E-state index contributed by atoms with van der Waals surface area (Å²) in [5.74, 6) is -2.62. The third-order valence-corrected chi connectivity index (χ3v) is 3.53. The lowest BCUT2D eigenvalue weighted by atomic mass is 10.2. The van der Waals surface area contributed by atoms with Crippen molar-refractivity contribution in [3.63, 3.8) is 0 Å². The van der Waals surface area contributed by atoms with Crippen LogP contribution in [0.5, 0.6) is 5.75 Å². The molecular formula is C18H18F2N2O3. The zero-order valence-corrected chi connectivity index (χ0v) is 14.1. The standard InChI is InChI=1S/C18H18F2N2O3/c1-11-4-7-17(25-3)16(8-11)21-18(24)10-22(12(2)23)13-5-6-14(19)15(20)9-13/h4-9H,10H2,1-3H3,(H,21,24). The molecule has 2 aromatic carbocycles. The fourth-order valence-corrected chi connectivity index (χ4v) is 2.29. The molecule has 0 heterocycles. The minimum Gasteiger partial charge on any atom is -0.495 e. The predicted octanol–water partition coefficient (Wildman–Crippen LogP) is 3.27. The Kier molecular flexibility index (Phi) is 5.69. The highest BCUT2D eigenvalue weighted by Crippen LogP contribution is 2.25. The highest BCUT2D eigenvalue weighted by Gasteiger charge is 2.18. The van der Waals surface area contributed by atoms with Crippen LogP contribution in [0, 0.1) is 18.6 Å². The molecule has 25 heavy (non-hydrogen) atoms. The van der Waals surface area contributed by atoms with Gasteiger partial charge in [-0.2, -0.15) is 0 Å². The average Bonchev–Trinajstić information content (AvgIpc) is 2.55. The van der Waals surface area contributed by atoms with Crippen LogP contribution >= 0.6 is 0 Å². The zero-order chi connectivity index (χ0) is 18.6. The Labute approximate surface area is 144 Å². The number of ether oxygens (including phenoxy) is 1. The molecule has 132 valence electrons. The molecule has 0 bridgehead atoms. The van der Waals surface area contributed by atoms with Crippen LogP contribution in [-0.4, -0.2) is 25.5 Å². The molecule has 0 saturated carbocycles. The van der Waals surface area contributed by atoms with Crippen molar-refractivity contribution in [2.24, 2.45) is 0 Å². The topological polar surface area (TPSA) is 58.6 Å². The fraction of sp³-hybridized carbons (Fsp3) is 0.222. The van der Waals surface area contributed by atoms with E-state index in [1.165, 1.54) is 20.1 Å². The van der Waals surface area contributed by atoms with Crippen LogP contribution in [0.1, 0.15) is 12.5 Å². The van der Waals surface area contributed by atoms with Gasteiger partial charge in [-0.05, 0) is 36.8 Å². The number of rotatable bonds is 5. The van der Waals surface area contributed by atoms with Gasteiger partial charge in [-0.1, -0.05) is 6.07 Å². The van der Waals surface area contributed by atoms with E-state index in [0.29, 0.717) is 11.4 Å². The molecule has 0 aliphatic rings. The molecule has 0 unspecified atom stereocenters. The third kappa shape index (κ3) is 4.53. The van der Waals surface area contributed by atoms with Crippen LogP contribution in [0.4, 0.5) is 20.2 Å². The Morgan fingerprint density at radius 2 is 1.84 bits per heavy atom. The van der Waals surface area contributed by atoms with Gasteiger partial charge in [0.25, 0.3) is 0 Å². The van der Waals surface area contributed by atoms with Crippen molar-refractivity contribution in [1.82, 2.24) is 0 Å². The van der Waals surface area contributed by atoms with Crippen LogP contribution in [0.15, 0.2) is 36.4 Å². The summed E-state index contributed by atoms with van der Waals surface area (Å²) in [6, 6.07) is 8.28. The molecule has 0 spiro atoms. The number of hydrogen-bond acceptors (Lipinski definition) is 3. The molecule has 0 fully saturated rings. The second-order valence-electron chi connectivity index (χ2n) is 5.46. The Bertz CT molecular complexity index is 809. The number of carbonyl (C=O) groups is 2. The summed E-state index contributed by atoms with van der Waals surface area (Å²) >= 11 is 0. The van der Waals surface area contributed by atoms with E-state index in [2.05, 4.69) is 5.32 Å². The molecule has 0 aliphatic carbocycles. The lowest BCUT2D eigenvalue weighted by Crippen LogP contribution is -2.36. The maximum atomic E-state index is 13.4. The summed E-state index contributed by atoms with van der Waals surface area (Å²) < 4.78 is 31.6. The number of nitrogens with zero attached hydrogens (tertiary/aromatic N) is 1. The van der Waals surface area contributed by atoms with E-state index in [4.69, 9.17) is 4.74 Å². The monoisotopic (exact) mass is 348 g/mol. The van der Waals surface area contributed by atoms with Crippen molar-refractivity contribution in [2.75, 3.05) is 23.9 Å². The number of carbonyl (C=O) groups excluding carboxylic acids is 2. The van der Waals surface area contributed by atoms with Gasteiger partial charge in [0.1, 0.15) is 12.3 Å². The van der Waals surface area contributed by atoms with Crippen molar-refractivity contribution >= 4 is 23.2 Å². The molecule has 0 radical (unpaired) electrons. The van der Waals surface area contributed by atoms with E-state index in [1.54, 1.807) is 12.1 Å². The van der Waals surface area contributed by atoms with E-state index in [0.717, 1.165) is 22.6 Å². The maximum absolute atomic E-state index is 13.4. The van der Waals surface area contributed by atoms with E-state index in [-0.39, 0.29) is 12.2 Å². The number of nitrogens with one attached hydrogen (secondary N) is 1. The van der Waals surface area contributed by atoms with E-state index < -0.39 is 23.4 Å². The van der Waals surface area contributed by atoms with Gasteiger partial charge in [-0.3, -0.25) is 9.59 Å². The highest BCUT2D eigenvalue weighted by atomic mass is 19.2. The largest absolute Gasteiger partial charge is 0.495 e.